The highest BCUT2D eigenvalue weighted by atomic mass is 79.9. The third-order valence-electron chi connectivity index (χ3n) is 1.41. The molecule has 4 N–H and O–H groups in total. The van der Waals surface area contributed by atoms with Gasteiger partial charge in [0.15, 0.2) is 0 Å². The zero-order valence-corrected chi connectivity index (χ0v) is 7.76. The van der Waals surface area contributed by atoms with Crippen LogP contribution in [0, 0.1) is 0 Å². The maximum absolute atomic E-state index is 5.62. The third-order valence-corrected chi connectivity index (χ3v) is 1.87. The van der Waals surface area contributed by atoms with Crippen LogP contribution in [-0.2, 0) is 6.42 Å². The van der Waals surface area contributed by atoms with Crippen molar-refractivity contribution in [3.8, 4) is 0 Å². The fourth-order valence-electron chi connectivity index (χ4n) is 0.986. The molecule has 0 amide bonds. The van der Waals surface area contributed by atoms with E-state index in [0.29, 0.717) is 6.54 Å². The summed E-state index contributed by atoms with van der Waals surface area (Å²) < 4.78 is 1.01. The van der Waals surface area contributed by atoms with E-state index in [2.05, 4.69) is 15.9 Å². The third kappa shape index (κ3) is 2.52. The molecule has 60 valence electrons. The Labute approximate surface area is 74.7 Å². The second-order valence-corrected chi connectivity index (χ2v) is 3.35. The highest BCUT2D eigenvalue weighted by Crippen LogP contribution is 2.17. The van der Waals surface area contributed by atoms with Crippen molar-refractivity contribution >= 4 is 21.6 Å². The smallest absolute Gasteiger partial charge is 0.0328 e. The summed E-state index contributed by atoms with van der Waals surface area (Å²) in [5, 5.41) is 0. The zero-order valence-electron chi connectivity index (χ0n) is 6.18. The summed E-state index contributed by atoms with van der Waals surface area (Å²) in [4.78, 5) is 0. The SMILES string of the molecule is NCCc1cc(N)cc(Br)c1. The average molecular weight is 215 g/mol. The van der Waals surface area contributed by atoms with Gasteiger partial charge >= 0.3 is 0 Å². The standard InChI is InChI=1S/C8H11BrN2/c9-7-3-6(1-2-10)4-8(11)5-7/h3-5H,1-2,10-11H2. The molecule has 0 saturated carbocycles. The lowest BCUT2D eigenvalue weighted by Gasteiger charge is -2.01. The Balaban J connectivity index is 2.89. The molecular formula is C8H11BrN2. The van der Waals surface area contributed by atoms with Crippen LogP contribution >= 0.6 is 15.9 Å². The Kier molecular flexibility index (Phi) is 2.91. The van der Waals surface area contributed by atoms with E-state index in [0.717, 1.165) is 16.6 Å². The molecule has 0 heterocycles. The maximum Gasteiger partial charge on any atom is 0.0328 e. The van der Waals surface area contributed by atoms with Crippen molar-refractivity contribution in [3.05, 3.63) is 28.2 Å². The van der Waals surface area contributed by atoms with Crippen molar-refractivity contribution < 1.29 is 0 Å². The molecular weight excluding hydrogens is 204 g/mol. The monoisotopic (exact) mass is 214 g/mol. The summed E-state index contributed by atoms with van der Waals surface area (Å²) in [7, 11) is 0. The van der Waals surface area contributed by atoms with E-state index in [1.807, 2.05) is 18.2 Å². The highest BCUT2D eigenvalue weighted by Gasteiger charge is 1.94. The molecule has 0 aliphatic rings. The molecule has 0 unspecified atom stereocenters. The topological polar surface area (TPSA) is 52.0 Å². The number of rotatable bonds is 2. The summed E-state index contributed by atoms with van der Waals surface area (Å²) in [5.41, 5.74) is 13.0. The zero-order chi connectivity index (χ0) is 8.27. The van der Waals surface area contributed by atoms with Crippen molar-refractivity contribution in [1.29, 1.82) is 0 Å². The van der Waals surface area contributed by atoms with Gasteiger partial charge in [-0.25, -0.2) is 0 Å². The summed E-state index contributed by atoms with van der Waals surface area (Å²) in [5.74, 6) is 0. The van der Waals surface area contributed by atoms with E-state index >= 15 is 0 Å². The molecule has 0 atom stereocenters. The van der Waals surface area contributed by atoms with Crippen LogP contribution in [0.3, 0.4) is 0 Å². The molecule has 11 heavy (non-hydrogen) atoms. The molecule has 3 heteroatoms. The minimum Gasteiger partial charge on any atom is -0.399 e. The van der Waals surface area contributed by atoms with Gasteiger partial charge in [-0.05, 0) is 36.7 Å². The van der Waals surface area contributed by atoms with Gasteiger partial charge in [-0.2, -0.15) is 0 Å². The van der Waals surface area contributed by atoms with Gasteiger partial charge in [-0.1, -0.05) is 15.9 Å². The molecule has 0 saturated heterocycles. The predicted octanol–water partition coefficient (Wildman–Crippen LogP) is 1.53. The first-order valence-electron chi connectivity index (χ1n) is 3.47. The van der Waals surface area contributed by atoms with Crippen molar-refractivity contribution in [2.75, 3.05) is 12.3 Å². The number of nitrogen functional groups attached to an aromatic ring is 1. The van der Waals surface area contributed by atoms with Gasteiger partial charge in [0.2, 0.25) is 0 Å². The Morgan fingerprint density at radius 2 is 2.00 bits per heavy atom. The van der Waals surface area contributed by atoms with Gasteiger partial charge in [-0.15, -0.1) is 0 Å². The van der Waals surface area contributed by atoms with E-state index < -0.39 is 0 Å². The first-order valence-corrected chi connectivity index (χ1v) is 4.26. The fourth-order valence-corrected chi connectivity index (χ4v) is 1.54. The molecule has 0 spiro atoms. The van der Waals surface area contributed by atoms with E-state index in [4.69, 9.17) is 11.5 Å². The Morgan fingerprint density at radius 3 is 2.55 bits per heavy atom. The molecule has 0 aromatic heterocycles. The lowest BCUT2D eigenvalue weighted by Crippen LogP contribution is -2.03. The van der Waals surface area contributed by atoms with Crippen LogP contribution in [0.5, 0.6) is 0 Å². The first kappa shape index (κ1) is 8.56. The number of anilines is 1. The highest BCUT2D eigenvalue weighted by molar-refractivity contribution is 9.10. The minimum atomic E-state index is 0.663. The second-order valence-electron chi connectivity index (χ2n) is 2.43. The van der Waals surface area contributed by atoms with Gasteiger partial charge in [0.25, 0.3) is 0 Å². The van der Waals surface area contributed by atoms with Crippen molar-refractivity contribution in [3.63, 3.8) is 0 Å². The van der Waals surface area contributed by atoms with E-state index in [1.54, 1.807) is 0 Å². The molecule has 1 rings (SSSR count). The molecule has 0 fully saturated rings. The van der Waals surface area contributed by atoms with Crippen LogP contribution in [-0.4, -0.2) is 6.54 Å². The second kappa shape index (κ2) is 3.74. The lowest BCUT2D eigenvalue weighted by molar-refractivity contribution is 0.968. The van der Waals surface area contributed by atoms with E-state index in [-0.39, 0.29) is 0 Å². The van der Waals surface area contributed by atoms with Gasteiger partial charge < -0.3 is 11.5 Å². The van der Waals surface area contributed by atoms with Crippen LogP contribution in [0.15, 0.2) is 22.7 Å². The van der Waals surface area contributed by atoms with Gasteiger partial charge in [-0.3, -0.25) is 0 Å². The van der Waals surface area contributed by atoms with Crippen LogP contribution in [0.1, 0.15) is 5.56 Å². The average Bonchev–Trinajstić information content (AvgIpc) is 1.85. The maximum atomic E-state index is 5.62. The van der Waals surface area contributed by atoms with Crippen molar-refractivity contribution in [2.24, 2.45) is 5.73 Å². The quantitative estimate of drug-likeness (QED) is 0.735. The van der Waals surface area contributed by atoms with Crippen LogP contribution < -0.4 is 11.5 Å². The van der Waals surface area contributed by atoms with Gasteiger partial charge in [0.1, 0.15) is 0 Å². The van der Waals surface area contributed by atoms with Gasteiger partial charge in [0.05, 0.1) is 0 Å². The normalized spacial score (nSPS) is 10.0. The van der Waals surface area contributed by atoms with Crippen LogP contribution in [0.2, 0.25) is 0 Å². The van der Waals surface area contributed by atoms with Crippen LogP contribution in [0.25, 0.3) is 0 Å². The summed E-state index contributed by atoms with van der Waals surface area (Å²) in [6.45, 7) is 0.663. The summed E-state index contributed by atoms with van der Waals surface area (Å²) in [6, 6.07) is 5.85. The first-order chi connectivity index (χ1) is 5.22. The predicted molar refractivity (Wildman–Crippen MR) is 51.3 cm³/mol. The van der Waals surface area contributed by atoms with E-state index in [9.17, 15) is 0 Å². The molecule has 1 aromatic carbocycles. The molecule has 0 aliphatic heterocycles. The van der Waals surface area contributed by atoms with Crippen molar-refractivity contribution in [1.82, 2.24) is 0 Å². The Morgan fingerprint density at radius 1 is 1.27 bits per heavy atom. The molecule has 0 bridgehead atoms. The minimum absolute atomic E-state index is 0.663. The number of nitrogens with two attached hydrogens (primary N) is 2. The van der Waals surface area contributed by atoms with Crippen LogP contribution in [0.4, 0.5) is 5.69 Å². The number of benzene rings is 1. The molecule has 2 nitrogen and oxygen atoms in total. The molecule has 0 radical (unpaired) electrons. The Bertz CT molecular complexity index is 228. The number of hydrogen-bond donors (Lipinski definition) is 2. The van der Waals surface area contributed by atoms with E-state index in [1.165, 1.54) is 5.56 Å². The number of hydrogen-bond acceptors (Lipinski definition) is 2. The van der Waals surface area contributed by atoms with Gasteiger partial charge in [0, 0.05) is 10.2 Å². The molecule has 1 aromatic rings. The Hall–Kier alpha value is -0.540. The largest absolute Gasteiger partial charge is 0.399 e. The lowest BCUT2D eigenvalue weighted by atomic mass is 10.1. The summed E-state index contributed by atoms with van der Waals surface area (Å²) >= 11 is 3.36. The fraction of sp³-hybridized carbons (Fsp3) is 0.250. The molecule has 0 aliphatic carbocycles. The summed E-state index contributed by atoms with van der Waals surface area (Å²) in [6.07, 6.45) is 0.879. The number of halogens is 1. The van der Waals surface area contributed by atoms with Crippen molar-refractivity contribution in [2.45, 2.75) is 6.42 Å².